The highest BCUT2D eigenvalue weighted by molar-refractivity contribution is 5.93. The van der Waals surface area contributed by atoms with Crippen molar-refractivity contribution >= 4 is 16.8 Å². The molecule has 2 aromatic rings. The number of hydrogen-bond donors (Lipinski definition) is 2. The molecule has 0 spiro atoms. The Labute approximate surface area is 80.0 Å². The van der Waals surface area contributed by atoms with Gasteiger partial charge in [0.15, 0.2) is 11.5 Å². The van der Waals surface area contributed by atoms with Gasteiger partial charge >= 0.3 is 0 Å². The minimum absolute atomic E-state index is 0.134. The third-order valence-electron chi connectivity index (χ3n) is 2.13. The molecule has 0 amide bonds. The van der Waals surface area contributed by atoms with Gasteiger partial charge in [0.1, 0.15) is 0 Å². The first-order valence-electron chi connectivity index (χ1n) is 4.13. The summed E-state index contributed by atoms with van der Waals surface area (Å²) in [6.07, 6.45) is 1.60. The van der Waals surface area contributed by atoms with Crippen molar-refractivity contribution < 1.29 is 15.0 Å². The summed E-state index contributed by atoms with van der Waals surface area (Å²) in [6.45, 7) is 1.43. The predicted molar refractivity (Wildman–Crippen MR) is 51.6 cm³/mol. The summed E-state index contributed by atoms with van der Waals surface area (Å²) in [4.78, 5) is 11.1. The first-order valence-corrected chi connectivity index (χ1v) is 4.13. The predicted octanol–water partition coefficient (Wildman–Crippen LogP) is 1.71. The summed E-state index contributed by atoms with van der Waals surface area (Å²) < 4.78 is 1.41. The maximum atomic E-state index is 11.1. The second-order valence-electron chi connectivity index (χ2n) is 3.10. The lowest BCUT2D eigenvalue weighted by molar-refractivity contribution is 0.0941. The molecule has 4 heteroatoms. The number of benzene rings is 1. The van der Waals surface area contributed by atoms with Crippen LogP contribution in [0, 0.1) is 0 Å². The number of carbonyl (C=O) groups excluding carboxylic acids is 1. The fourth-order valence-electron chi connectivity index (χ4n) is 1.43. The van der Waals surface area contributed by atoms with Crippen LogP contribution in [0.2, 0.25) is 0 Å². The van der Waals surface area contributed by atoms with Crippen molar-refractivity contribution in [1.29, 1.82) is 0 Å². The zero-order valence-electron chi connectivity index (χ0n) is 7.56. The van der Waals surface area contributed by atoms with Crippen LogP contribution in [0.4, 0.5) is 0 Å². The van der Waals surface area contributed by atoms with Crippen LogP contribution >= 0.6 is 0 Å². The zero-order chi connectivity index (χ0) is 10.3. The summed E-state index contributed by atoms with van der Waals surface area (Å²) in [7, 11) is 0. The number of carbonyl (C=O) groups is 1. The molecule has 0 aliphatic rings. The van der Waals surface area contributed by atoms with Gasteiger partial charge in [-0.05, 0) is 12.1 Å². The van der Waals surface area contributed by atoms with E-state index >= 15 is 0 Å². The molecule has 1 aromatic carbocycles. The monoisotopic (exact) mass is 191 g/mol. The van der Waals surface area contributed by atoms with E-state index in [-0.39, 0.29) is 17.4 Å². The summed E-state index contributed by atoms with van der Waals surface area (Å²) >= 11 is 0. The van der Waals surface area contributed by atoms with Crippen LogP contribution in [0.25, 0.3) is 10.9 Å². The minimum atomic E-state index is -0.223. The average Bonchev–Trinajstić information content (AvgIpc) is 2.48. The normalized spacial score (nSPS) is 10.6. The van der Waals surface area contributed by atoms with E-state index in [1.54, 1.807) is 12.3 Å². The summed E-state index contributed by atoms with van der Waals surface area (Å²) in [6, 6.07) is 4.49. The third-order valence-corrected chi connectivity index (χ3v) is 2.13. The second-order valence-corrected chi connectivity index (χ2v) is 3.10. The molecule has 0 radical (unpaired) electrons. The lowest BCUT2D eigenvalue weighted by atomic mass is 10.2. The number of fused-ring (bicyclic) bond motifs is 1. The molecule has 0 unspecified atom stereocenters. The quantitative estimate of drug-likeness (QED) is 0.623. The Morgan fingerprint density at radius 2 is 1.93 bits per heavy atom. The SMILES string of the molecule is CC(=O)n1ccc2cc(O)c(O)cc21. The van der Waals surface area contributed by atoms with Crippen molar-refractivity contribution in [2.45, 2.75) is 6.92 Å². The molecular formula is C10H9NO3. The maximum Gasteiger partial charge on any atom is 0.227 e. The first-order chi connectivity index (χ1) is 6.59. The Bertz CT molecular complexity index is 513. The maximum absolute atomic E-state index is 11.1. The van der Waals surface area contributed by atoms with Crippen LogP contribution < -0.4 is 0 Å². The highest BCUT2D eigenvalue weighted by Crippen LogP contribution is 2.30. The third kappa shape index (κ3) is 1.12. The highest BCUT2D eigenvalue weighted by atomic mass is 16.3. The average molecular weight is 191 g/mol. The molecule has 0 bridgehead atoms. The number of nitrogens with zero attached hydrogens (tertiary/aromatic N) is 1. The first kappa shape index (κ1) is 8.62. The molecule has 14 heavy (non-hydrogen) atoms. The molecule has 0 aliphatic heterocycles. The van der Waals surface area contributed by atoms with E-state index in [0.717, 1.165) is 5.39 Å². The van der Waals surface area contributed by atoms with E-state index in [1.807, 2.05) is 0 Å². The summed E-state index contributed by atoms with van der Waals surface area (Å²) in [5.74, 6) is -0.539. The number of phenols is 2. The zero-order valence-corrected chi connectivity index (χ0v) is 7.56. The van der Waals surface area contributed by atoms with E-state index in [0.29, 0.717) is 5.52 Å². The highest BCUT2D eigenvalue weighted by Gasteiger charge is 2.08. The van der Waals surface area contributed by atoms with Gasteiger partial charge in [0.05, 0.1) is 5.52 Å². The van der Waals surface area contributed by atoms with Crippen molar-refractivity contribution in [3.8, 4) is 11.5 Å². The topological polar surface area (TPSA) is 62.5 Å². The van der Waals surface area contributed by atoms with Crippen LogP contribution in [-0.2, 0) is 0 Å². The van der Waals surface area contributed by atoms with Crippen LogP contribution in [0.1, 0.15) is 11.7 Å². The van der Waals surface area contributed by atoms with E-state index in [4.69, 9.17) is 0 Å². The van der Waals surface area contributed by atoms with E-state index < -0.39 is 0 Å². The number of rotatable bonds is 0. The Balaban J connectivity index is 2.80. The largest absolute Gasteiger partial charge is 0.504 e. The minimum Gasteiger partial charge on any atom is -0.504 e. The fraction of sp³-hybridized carbons (Fsp3) is 0.100. The Morgan fingerprint density at radius 1 is 1.29 bits per heavy atom. The van der Waals surface area contributed by atoms with E-state index in [9.17, 15) is 15.0 Å². The van der Waals surface area contributed by atoms with Gasteiger partial charge in [-0.1, -0.05) is 0 Å². The van der Waals surface area contributed by atoms with Gasteiger partial charge in [-0.2, -0.15) is 0 Å². The van der Waals surface area contributed by atoms with Crippen molar-refractivity contribution in [2.75, 3.05) is 0 Å². The number of phenolic OH excluding ortho intramolecular Hbond substituents is 2. The summed E-state index contributed by atoms with van der Waals surface area (Å²) in [5, 5.41) is 19.2. The number of aromatic hydroxyl groups is 2. The van der Waals surface area contributed by atoms with Gasteiger partial charge in [0.25, 0.3) is 0 Å². The van der Waals surface area contributed by atoms with Crippen LogP contribution in [-0.4, -0.2) is 20.7 Å². The lowest BCUT2D eigenvalue weighted by Crippen LogP contribution is -2.02. The van der Waals surface area contributed by atoms with Crippen molar-refractivity contribution in [3.05, 3.63) is 24.4 Å². The number of hydrogen-bond acceptors (Lipinski definition) is 3. The standard InChI is InChI=1S/C10H9NO3/c1-6(12)11-3-2-7-4-9(13)10(14)5-8(7)11/h2-5,13-14H,1H3. The van der Waals surface area contributed by atoms with Crippen LogP contribution in [0.15, 0.2) is 24.4 Å². The Hall–Kier alpha value is -1.97. The molecule has 1 heterocycles. The molecule has 0 atom stereocenters. The van der Waals surface area contributed by atoms with Gasteiger partial charge in [-0.25, -0.2) is 0 Å². The molecule has 2 N–H and O–H groups in total. The molecule has 2 rings (SSSR count). The fourth-order valence-corrected chi connectivity index (χ4v) is 1.43. The Kier molecular flexibility index (Phi) is 1.70. The van der Waals surface area contributed by atoms with Crippen molar-refractivity contribution in [1.82, 2.24) is 4.57 Å². The van der Waals surface area contributed by atoms with Gasteiger partial charge < -0.3 is 10.2 Å². The molecule has 0 saturated carbocycles. The van der Waals surface area contributed by atoms with Gasteiger partial charge in [0.2, 0.25) is 5.91 Å². The van der Waals surface area contributed by atoms with E-state index in [1.165, 1.54) is 23.6 Å². The van der Waals surface area contributed by atoms with Gasteiger partial charge in [-0.15, -0.1) is 0 Å². The number of aromatic nitrogens is 1. The second kappa shape index (κ2) is 2.77. The van der Waals surface area contributed by atoms with Crippen molar-refractivity contribution in [2.24, 2.45) is 0 Å². The van der Waals surface area contributed by atoms with Crippen molar-refractivity contribution in [3.63, 3.8) is 0 Å². The van der Waals surface area contributed by atoms with Crippen LogP contribution in [0.5, 0.6) is 11.5 Å². The van der Waals surface area contributed by atoms with Gasteiger partial charge in [0, 0.05) is 24.6 Å². The molecule has 4 nitrogen and oxygen atoms in total. The smallest absolute Gasteiger partial charge is 0.227 e. The molecule has 0 aliphatic carbocycles. The molecule has 1 aromatic heterocycles. The Morgan fingerprint density at radius 3 is 2.57 bits per heavy atom. The van der Waals surface area contributed by atoms with E-state index in [2.05, 4.69) is 0 Å². The lowest BCUT2D eigenvalue weighted by Gasteiger charge is -2.01. The molecule has 0 fully saturated rings. The van der Waals surface area contributed by atoms with Crippen LogP contribution in [0.3, 0.4) is 0 Å². The molecular weight excluding hydrogens is 182 g/mol. The molecule has 72 valence electrons. The molecule has 0 saturated heterocycles. The van der Waals surface area contributed by atoms with Gasteiger partial charge in [-0.3, -0.25) is 9.36 Å². The summed E-state index contributed by atoms with van der Waals surface area (Å²) in [5.41, 5.74) is 0.591.